The van der Waals surface area contributed by atoms with Crippen molar-refractivity contribution < 1.29 is 24.1 Å². The Balaban J connectivity index is 0.970. The first-order valence-electron chi connectivity index (χ1n) is 24.2. The van der Waals surface area contributed by atoms with Gasteiger partial charge in [-0.15, -0.1) is 6.07 Å². The molecule has 3 heterocycles. The normalized spacial score (nSPS) is 12.4. The van der Waals surface area contributed by atoms with Crippen molar-refractivity contribution in [1.82, 2.24) is 14.1 Å². The van der Waals surface area contributed by atoms with E-state index in [9.17, 15) is 0 Å². The van der Waals surface area contributed by atoms with E-state index >= 15 is 0 Å². The average Bonchev–Trinajstić information content (AvgIpc) is 3.93. The zero-order valence-electron chi connectivity index (χ0n) is 40.1. The Morgan fingerprint density at radius 2 is 1.10 bits per heavy atom. The van der Waals surface area contributed by atoms with E-state index < -0.39 is 0 Å². The molecule has 1 aliphatic heterocycles. The molecular formula is C64H48BN5OPt-2. The van der Waals surface area contributed by atoms with Crippen LogP contribution in [0.1, 0.15) is 26.3 Å². The molecule has 0 saturated carbocycles. The van der Waals surface area contributed by atoms with E-state index in [0.29, 0.717) is 11.6 Å². The van der Waals surface area contributed by atoms with Gasteiger partial charge in [0.15, 0.2) is 0 Å². The van der Waals surface area contributed by atoms with Crippen LogP contribution >= 0.6 is 0 Å². The van der Waals surface area contributed by atoms with E-state index in [-0.39, 0.29) is 12.4 Å². The van der Waals surface area contributed by atoms with Gasteiger partial charge < -0.3 is 0 Å². The van der Waals surface area contributed by atoms with Gasteiger partial charge in [-0.1, -0.05) is 48.5 Å². The van der Waals surface area contributed by atoms with Crippen LogP contribution in [-0.2, 0) is 24.8 Å². The predicted octanol–water partition coefficient (Wildman–Crippen LogP) is 15.3. The van der Waals surface area contributed by atoms with Crippen molar-refractivity contribution in [2.75, 3.05) is 9.62 Å². The van der Waals surface area contributed by atoms with Gasteiger partial charge in [0.1, 0.15) is 0 Å². The van der Waals surface area contributed by atoms with Crippen LogP contribution in [0, 0.1) is 15.9 Å². The van der Waals surface area contributed by atoms with E-state index in [1.165, 1.54) is 16.7 Å². The molecule has 2 aromatic heterocycles. The number of benzene rings is 9. The van der Waals surface area contributed by atoms with Crippen LogP contribution in [0.2, 0.25) is 0 Å². The third-order valence-electron chi connectivity index (χ3n) is 13.4. The summed E-state index contributed by atoms with van der Waals surface area (Å²) >= 11 is 2.50. The molecule has 0 amide bonds. The molecule has 0 bridgehead atoms. The average molecular weight is 1110 g/mol. The molecule has 0 unspecified atom stereocenters. The van der Waals surface area contributed by atoms with E-state index in [1.54, 1.807) is 0 Å². The molecule has 1 aliphatic rings. The number of ether oxygens (including phenoxy) is 1. The van der Waals surface area contributed by atoms with Crippen molar-refractivity contribution in [2.45, 2.75) is 26.2 Å². The van der Waals surface area contributed by atoms with Crippen molar-refractivity contribution in [3.05, 3.63) is 258 Å². The van der Waals surface area contributed by atoms with Gasteiger partial charge in [0, 0.05) is 5.69 Å². The first-order valence-corrected chi connectivity index (χ1v) is 25.4. The van der Waals surface area contributed by atoms with Gasteiger partial charge in [-0.2, -0.15) is 12.1 Å². The second-order valence-corrected chi connectivity index (χ2v) is 20.0. The van der Waals surface area contributed by atoms with Crippen LogP contribution < -0.4 is 19.8 Å². The minimum absolute atomic E-state index is 0.111. The van der Waals surface area contributed by atoms with Crippen molar-refractivity contribution >= 4 is 46.4 Å². The zero-order valence-corrected chi connectivity index (χ0v) is 42.3. The quantitative estimate of drug-likeness (QED) is 0.101. The Hall–Kier alpha value is -8.25. The Morgan fingerprint density at radius 3 is 1.78 bits per heavy atom. The van der Waals surface area contributed by atoms with E-state index in [0.717, 1.165) is 76.8 Å². The number of hydrogen-bond donors (Lipinski definition) is 0. The molecule has 8 heteroatoms. The van der Waals surface area contributed by atoms with E-state index in [2.05, 4.69) is 265 Å². The minimum atomic E-state index is -0.225. The first kappa shape index (κ1) is 44.9. The number of hydrogen-bond acceptors (Lipinski definition) is 4. The maximum absolute atomic E-state index is 6.73. The molecule has 0 atom stereocenters. The van der Waals surface area contributed by atoms with Gasteiger partial charge in [-0.3, -0.25) is 0 Å². The number of nitrogens with zero attached hydrogens (tertiary/aromatic N) is 5. The molecule has 350 valence electrons. The molecule has 0 fully saturated rings. The standard InChI is InChI=1S/C64H48BN5O.Pt/c1-64(2,3)50-42-55(48-24-10-5-11-25-48)63(56(43-50)49-40-38-47(39-41-49)46-22-8-4-9-23-46)68-45-67(57-32-16-17-33-58(57)68)53-30-20-31-54(44-53)71-62-37-21-36-61(66-62)70-60-35-19-18-34-59(60)69(52-28-14-7-15-29-52)65(70)51-26-12-6-13-27-51;/h4-34,36-43H,1-3H3;/q-2;. The second-order valence-electron chi connectivity index (χ2n) is 19.0. The fourth-order valence-electron chi connectivity index (χ4n) is 9.93. The molecule has 0 radical (unpaired) electrons. The van der Waals surface area contributed by atoms with Crippen molar-refractivity contribution in [3.8, 4) is 56.4 Å². The number of rotatable bonds is 10. The molecular weight excluding hydrogens is 1060 g/mol. The Morgan fingerprint density at radius 1 is 0.528 bits per heavy atom. The summed E-state index contributed by atoms with van der Waals surface area (Å²) < 4.78 is 12.4. The SMILES string of the molecule is CC(C)(C)c1cc(-c2ccccc2)c(-n2[c](=[Pt])n(-c3[c-]c(Oc4cccc(N5B(c6ccccc6)N(c6ccccc6)c6ccc[c-]c65)n4)ccc3)c3ccccc32)c(-c2ccc(-c3ccccc3)cc2)c1. The molecule has 0 N–H and O–H groups in total. The van der Waals surface area contributed by atoms with Crippen LogP contribution in [0.4, 0.5) is 22.9 Å². The summed E-state index contributed by atoms with van der Waals surface area (Å²) in [6.07, 6.45) is 0. The molecule has 6 nitrogen and oxygen atoms in total. The van der Waals surface area contributed by atoms with Crippen molar-refractivity contribution in [1.29, 1.82) is 0 Å². The van der Waals surface area contributed by atoms with E-state index in [4.69, 9.17) is 9.72 Å². The molecule has 0 saturated heterocycles. The number of aromatic nitrogens is 3. The number of fused-ring (bicyclic) bond motifs is 2. The van der Waals surface area contributed by atoms with Gasteiger partial charge in [-0.05, 0) is 12.1 Å². The van der Waals surface area contributed by atoms with Gasteiger partial charge in [0.2, 0.25) is 0 Å². The van der Waals surface area contributed by atoms with Crippen molar-refractivity contribution in [2.24, 2.45) is 0 Å². The molecule has 11 aromatic rings. The topological polar surface area (TPSA) is 38.5 Å². The summed E-state index contributed by atoms with van der Waals surface area (Å²) in [5.41, 5.74) is 16.4. The predicted molar refractivity (Wildman–Crippen MR) is 292 cm³/mol. The van der Waals surface area contributed by atoms with Crippen molar-refractivity contribution in [3.63, 3.8) is 0 Å². The summed E-state index contributed by atoms with van der Waals surface area (Å²) in [5.74, 6) is 1.75. The monoisotopic (exact) mass is 1110 g/mol. The van der Waals surface area contributed by atoms with Crippen LogP contribution in [0.3, 0.4) is 0 Å². The molecule has 9 aromatic carbocycles. The Kier molecular flexibility index (Phi) is 11.7. The third kappa shape index (κ3) is 8.30. The third-order valence-corrected chi connectivity index (χ3v) is 14.4. The molecule has 12 rings (SSSR count). The Labute approximate surface area is 432 Å². The number of pyridine rings is 1. The van der Waals surface area contributed by atoms with Crippen LogP contribution in [0.5, 0.6) is 11.6 Å². The summed E-state index contributed by atoms with van der Waals surface area (Å²) in [6, 6.07) is 90.3. The van der Waals surface area contributed by atoms with Gasteiger partial charge in [0.05, 0.1) is 0 Å². The van der Waals surface area contributed by atoms with Crippen LogP contribution in [-0.4, -0.2) is 21.1 Å². The van der Waals surface area contributed by atoms with Crippen LogP contribution in [0.15, 0.2) is 237 Å². The fourth-order valence-corrected chi connectivity index (χ4v) is 11.0. The van der Waals surface area contributed by atoms with E-state index in [1.807, 2.05) is 42.5 Å². The number of anilines is 4. The number of para-hydroxylation sites is 4. The zero-order chi connectivity index (χ0) is 48.8. The second kappa shape index (κ2) is 18.8. The summed E-state index contributed by atoms with van der Waals surface area (Å²) in [6.45, 7) is 6.66. The van der Waals surface area contributed by atoms with Gasteiger partial charge >= 0.3 is 350 Å². The summed E-state index contributed by atoms with van der Waals surface area (Å²) in [7, 11) is 0. The summed E-state index contributed by atoms with van der Waals surface area (Å²) in [4.78, 5) is 9.82. The first-order chi connectivity index (χ1) is 35.3. The Bertz CT molecular complexity index is 3800. The molecule has 0 aliphatic carbocycles. The maximum atomic E-state index is 6.73. The summed E-state index contributed by atoms with van der Waals surface area (Å²) in [5, 5.41) is 0. The number of imidazole rings is 1. The fraction of sp³-hybridized carbons (Fsp3) is 0.0625. The van der Waals surface area contributed by atoms with Crippen LogP contribution in [0.25, 0.3) is 55.8 Å². The molecule has 72 heavy (non-hydrogen) atoms. The molecule has 0 spiro atoms. The van der Waals surface area contributed by atoms with Gasteiger partial charge in [-0.25, -0.2) is 0 Å². The van der Waals surface area contributed by atoms with Gasteiger partial charge in [0.25, 0.3) is 0 Å².